The zero-order chi connectivity index (χ0) is 9.80. The summed E-state index contributed by atoms with van der Waals surface area (Å²) in [5, 5.41) is 8.98. The standard InChI is InChI=1S/C10H16N2O2/c13-8-9-1-4-12(5-2-9)7-10-11-3-6-14-10/h3,6,9,13H,1-2,4-5,7-8H2. The van der Waals surface area contributed by atoms with Gasteiger partial charge in [-0.3, -0.25) is 4.90 Å². The number of hydrogen-bond donors (Lipinski definition) is 1. The van der Waals surface area contributed by atoms with E-state index < -0.39 is 0 Å². The van der Waals surface area contributed by atoms with Gasteiger partial charge < -0.3 is 9.52 Å². The highest BCUT2D eigenvalue weighted by molar-refractivity contribution is 4.82. The Kier molecular flexibility index (Phi) is 3.16. The van der Waals surface area contributed by atoms with Crippen molar-refractivity contribution in [2.75, 3.05) is 19.7 Å². The van der Waals surface area contributed by atoms with E-state index >= 15 is 0 Å². The van der Waals surface area contributed by atoms with Crippen LogP contribution in [0, 0.1) is 5.92 Å². The van der Waals surface area contributed by atoms with Crippen LogP contribution in [-0.4, -0.2) is 34.7 Å². The molecule has 2 heterocycles. The summed E-state index contributed by atoms with van der Waals surface area (Å²) >= 11 is 0. The van der Waals surface area contributed by atoms with Crippen LogP contribution in [0.3, 0.4) is 0 Å². The van der Waals surface area contributed by atoms with Gasteiger partial charge in [0, 0.05) is 6.61 Å². The Balaban J connectivity index is 1.79. The van der Waals surface area contributed by atoms with Gasteiger partial charge in [0.15, 0.2) is 0 Å². The quantitative estimate of drug-likeness (QED) is 0.779. The third-order valence-electron chi connectivity index (χ3n) is 2.81. The first kappa shape index (κ1) is 9.68. The molecule has 0 saturated carbocycles. The highest BCUT2D eigenvalue weighted by Crippen LogP contribution is 2.17. The van der Waals surface area contributed by atoms with Crippen LogP contribution in [0.5, 0.6) is 0 Å². The molecule has 1 aromatic rings. The molecule has 1 saturated heterocycles. The van der Waals surface area contributed by atoms with E-state index in [0.717, 1.165) is 38.4 Å². The predicted molar refractivity (Wildman–Crippen MR) is 51.6 cm³/mol. The van der Waals surface area contributed by atoms with Gasteiger partial charge in [-0.25, -0.2) is 4.98 Å². The summed E-state index contributed by atoms with van der Waals surface area (Å²) in [7, 11) is 0. The van der Waals surface area contributed by atoms with Crippen molar-refractivity contribution in [1.29, 1.82) is 0 Å². The highest BCUT2D eigenvalue weighted by atomic mass is 16.3. The molecule has 14 heavy (non-hydrogen) atoms. The first-order valence-electron chi connectivity index (χ1n) is 5.10. The van der Waals surface area contributed by atoms with Crippen molar-refractivity contribution in [2.45, 2.75) is 19.4 Å². The fraction of sp³-hybridized carbons (Fsp3) is 0.700. The van der Waals surface area contributed by atoms with E-state index in [1.807, 2.05) is 0 Å². The van der Waals surface area contributed by atoms with E-state index in [-0.39, 0.29) is 0 Å². The Hall–Kier alpha value is -0.870. The fourth-order valence-corrected chi connectivity index (χ4v) is 1.85. The van der Waals surface area contributed by atoms with E-state index in [1.165, 1.54) is 0 Å². The SMILES string of the molecule is OCC1CCN(Cc2ncco2)CC1. The molecule has 1 aromatic heterocycles. The van der Waals surface area contributed by atoms with Crippen LogP contribution in [0.4, 0.5) is 0 Å². The largest absolute Gasteiger partial charge is 0.448 e. The first-order valence-corrected chi connectivity index (χ1v) is 5.10. The molecule has 0 bridgehead atoms. The molecule has 0 aliphatic carbocycles. The minimum absolute atomic E-state index is 0.326. The minimum Gasteiger partial charge on any atom is -0.448 e. The number of oxazole rings is 1. The molecule has 0 radical (unpaired) electrons. The van der Waals surface area contributed by atoms with Crippen molar-refractivity contribution in [3.63, 3.8) is 0 Å². The second-order valence-corrected chi connectivity index (χ2v) is 3.83. The maximum absolute atomic E-state index is 8.98. The maximum atomic E-state index is 8.98. The number of likely N-dealkylation sites (tertiary alicyclic amines) is 1. The lowest BCUT2D eigenvalue weighted by Gasteiger charge is -2.29. The molecule has 1 aliphatic heterocycles. The van der Waals surface area contributed by atoms with E-state index in [0.29, 0.717) is 12.5 Å². The molecule has 1 aliphatic rings. The molecular formula is C10H16N2O2. The Labute approximate surface area is 83.5 Å². The molecule has 0 aromatic carbocycles. The monoisotopic (exact) mass is 196 g/mol. The smallest absolute Gasteiger partial charge is 0.208 e. The van der Waals surface area contributed by atoms with E-state index in [9.17, 15) is 0 Å². The number of piperidine rings is 1. The molecule has 0 amide bonds. The molecule has 0 atom stereocenters. The van der Waals surface area contributed by atoms with Crippen LogP contribution in [0.15, 0.2) is 16.9 Å². The Morgan fingerprint density at radius 3 is 2.86 bits per heavy atom. The number of aliphatic hydroxyl groups is 1. The van der Waals surface area contributed by atoms with Crippen molar-refractivity contribution in [1.82, 2.24) is 9.88 Å². The average molecular weight is 196 g/mol. The lowest BCUT2D eigenvalue weighted by molar-refractivity contribution is 0.121. The molecule has 0 unspecified atom stereocenters. The fourth-order valence-electron chi connectivity index (χ4n) is 1.85. The third kappa shape index (κ3) is 2.33. The summed E-state index contributed by atoms with van der Waals surface area (Å²) in [6, 6.07) is 0. The van der Waals surface area contributed by atoms with Gasteiger partial charge in [0.2, 0.25) is 5.89 Å². The number of aromatic nitrogens is 1. The highest BCUT2D eigenvalue weighted by Gasteiger charge is 2.19. The van der Waals surface area contributed by atoms with Crippen molar-refractivity contribution < 1.29 is 9.52 Å². The molecule has 4 heteroatoms. The third-order valence-corrected chi connectivity index (χ3v) is 2.81. The Morgan fingerprint density at radius 1 is 1.50 bits per heavy atom. The lowest BCUT2D eigenvalue weighted by atomic mass is 9.98. The topological polar surface area (TPSA) is 49.5 Å². The van der Waals surface area contributed by atoms with Gasteiger partial charge in [-0.1, -0.05) is 0 Å². The Bertz CT molecular complexity index is 253. The van der Waals surface area contributed by atoms with Crippen molar-refractivity contribution >= 4 is 0 Å². The van der Waals surface area contributed by atoms with Crippen LogP contribution in [0.1, 0.15) is 18.7 Å². The van der Waals surface area contributed by atoms with Gasteiger partial charge in [-0.15, -0.1) is 0 Å². The summed E-state index contributed by atoms with van der Waals surface area (Å²) in [5.74, 6) is 1.28. The van der Waals surface area contributed by atoms with Crippen LogP contribution >= 0.6 is 0 Å². The molecule has 2 rings (SSSR count). The first-order chi connectivity index (χ1) is 6.88. The predicted octanol–water partition coefficient (Wildman–Crippen LogP) is 0.879. The summed E-state index contributed by atoms with van der Waals surface area (Å²) in [5.41, 5.74) is 0. The van der Waals surface area contributed by atoms with Gasteiger partial charge in [0.1, 0.15) is 6.26 Å². The van der Waals surface area contributed by atoms with Gasteiger partial charge in [-0.2, -0.15) is 0 Å². The second-order valence-electron chi connectivity index (χ2n) is 3.83. The molecular weight excluding hydrogens is 180 g/mol. The zero-order valence-corrected chi connectivity index (χ0v) is 8.22. The van der Waals surface area contributed by atoms with Crippen molar-refractivity contribution in [3.8, 4) is 0 Å². The summed E-state index contributed by atoms with van der Waals surface area (Å²) < 4.78 is 5.19. The van der Waals surface area contributed by atoms with Crippen LogP contribution in [0.25, 0.3) is 0 Å². The summed E-state index contributed by atoms with van der Waals surface area (Å²) in [6.45, 7) is 3.19. The number of rotatable bonds is 3. The van der Waals surface area contributed by atoms with Crippen LogP contribution in [0.2, 0.25) is 0 Å². The normalized spacial score (nSPS) is 20.1. The van der Waals surface area contributed by atoms with E-state index in [1.54, 1.807) is 12.5 Å². The van der Waals surface area contributed by atoms with Gasteiger partial charge in [0.25, 0.3) is 0 Å². The lowest BCUT2D eigenvalue weighted by Crippen LogP contribution is -2.34. The average Bonchev–Trinajstić information content (AvgIpc) is 2.72. The summed E-state index contributed by atoms with van der Waals surface area (Å²) in [4.78, 5) is 6.41. The van der Waals surface area contributed by atoms with E-state index in [2.05, 4.69) is 9.88 Å². The van der Waals surface area contributed by atoms with Crippen LogP contribution < -0.4 is 0 Å². The minimum atomic E-state index is 0.326. The van der Waals surface area contributed by atoms with Crippen LogP contribution in [-0.2, 0) is 6.54 Å². The maximum Gasteiger partial charge on any atom is 0.208 e. The molecule has 1 N–H and O–H groups in total. The van der Waals surface area contributed by atoms with Gasteiger partial charge >= 0.3 is 0 Å². The molecule has 78 valence electrons. The van der Waals surface area contributed by atoms with Gasteiger partial charge in [-0.05, 0) is 31.8 Å². The second kappa shape index (κ2) is 4.57. The molecule has 1 fully saturated rings. The number of aliphatic hydroxyl groups excluding tert-OH is 1. The summed E-state index contributed by atoms with van der Waals surface area (Å²) in [6.07, 6.45) is 5.44. The van der Waals surface area contributed by atoms with Gasteiger partial charge in [0.05, 0.1) is 12.7 Å². The van der Waals surface area contributed by atoms with E-state index in [4.69, 9.17) is 9.52 Å². The number of nitrogens with zero attached hydrogens (tertiary/aromatic N) is 2. The molecule has 0 spiro atoms. The molecule has 4 nitrogen and oxygen atoms in total. The Morgan fingerprint density at radius 2 is 2.29 bits per heavy atom. The van der Waals surface area contributed by atoms with Crippen molar-refractivity contribution in [2.24, 2.45) is 5.92 Å². The zero-order valence-electron chi connectivity index (χ0n) is 8.22. The number of hydrogen-bond acceptors (Lipinski definition) is 4. The van der Waals surface area contributed by atoms with Crippen molar-refractivity contribution in [3.05, 3.63) is 18.4 Å².